The van der Waals surface area contributed by atoms with E-state index < -0.39 is 0 Å². The SMILES string of the molecule is CCCCCc1c(-c2cccc(O)c2)c(C(N)=O)c(C)n1CC1CCCCC1. The molecule has 3 N–H and O–H groups in total. The van der Waals surface area contributed by atoms with Crippen molar-refractivity contribution in [2.45, 2.75) is 78.2 Å². The quantitative estimate of drug-likeness (QED) is 0.585. The molecule has 0 radical (unpaired) electrons. The lowest BCUT2D eigenvalue weighted by Gasteiger charge is -2.24. The third-order valence-electron chi connectivity index (χ3n) is 6.19. The first-order chi connectivity index (χ1) is 13.5. The average Bonchev–Trinajstić information content (AvgIpc) is 2.95. The van der Waals surface area contributed by atoms with E-state index in [1.807, 2.05) is 19.1 Å². The molecule has 1 heterocycles. The fourth-order valence-corrected chi connectivity index (χ4v) is 4.75. The van der Waals surface area contributed by atoms with Crippen LogP contribution in [0.5, 0.6) is 5.75 Å². The van der Waals surface area contributed by atoms with Crippen LogP contribution in [0.2, 0.25) is 0 Å². The zero-order valence-corrected chi connectivity index (χ0v) is 17.3. The lowest BCUT2D eigenvalue weighted by atomic mass is 9.89. The van der Waals surface area contributed by atoms with Crippen molar-refractivity contribution in [3.63, 3.8) is 0 Å². The van der Waals surface area contributed by atoms with Crippen molar-refractivity contribution in [2.24, 2.45) is 11.7 Å². The molecule has 4 nitrogen and oxygen atoms in total. The van der Waals surface area contributed by atoms with E-state index in [1.54, 1.807) is 12.1 Å². The Morgan fingerprint density at radius 3 is 2.61 bits per heavy atom. The molecule has 3 rings (SSSR count). The van der Waals surface area contributed by atoms with Crippen LogP contribution in [0, 0.1) is 12.8 Å². The van der Waals surface area contributed by atoms with Gasteiger partial charge in [-0.05, 0) is 56.2 Å². The van der Waals surface area contributed by atoms with Crippen LogP contribution in [-0.4, -0.2) is 15.6 Å². The van der Waals surface area contributed by atoms with Gasteiger partial charge >= 0.3 is 0 Å². The van der Waals surface area contributed by atoms with Crippen molar-refractivity contribution in [1.82, 2.24) is 4.57 Å². The van der Waals surface area contributed by atoms with Crippen LogP contribution in [-0.2, 0) is 13.0 Å². The maximum Gasteiger partial charge on any atom is 0.251 e. The highest BCUT2D eigenvalue weighted by Crippen LogP contribution is 2.37. The number of hydrogen-bond acceptors (Lipinski definition) is 2. The van der Waals surface area contributed by atoms with E-state index in [4.69, 9.17) is 5.73 Å². The third kappa shape index (κ3) is 4.43. The number of unbranched alkanes of at least 4 members (excludes halogenated alkanes) is 2. The maximum atomic E-state index is 12.4. The maximum absolute atomic E-state index is 12.4. The molecular formula is C24H34N2O2. The van der Waals surface area contributed by atoms with Gasteiger partial charge in [0.2, 0.25) is 0 Å². The van der Waals surface area contributed by atoms with Gasteiger partial charge in [0.05, 0.1) is 5.56 Å². The van der Waals surface area contributed by atoms with E-state index in [-0.39, 0.29) is 11.7 Å². The molecule has 1 aliphatic rings. The number of primary amides is 1. The Morgan fingerprint density at radius 2 is 1.96 bits per heavy atom. The minimum atomic E-state index is -0.380. The number of amides is 1. The van der Waals surface area contributed by atoms with Gasteiger partial charge in [-0.3, -0.25) is 4.79 Å². The van der Waals surface area contributed by atoms with Crippen LogP contribution < -0.4 is 5.73 Å². The topological polar surface area (TPSA) is 68.2 Å². The van der Waals surface area contributed by atoms with Gasteiger partial charge in [0.25, 0.3) is 5.91 Å². The van der Waals surface area contributed by atoms with E-state index in [9.17, 15) is 9.90 Å². The molecule has 1 aliphatic carbocycles. The van der Waals surface area contributed by atoms with E-state index in [0.29, 0.717) is 11.5 Å². The summed E-state index contributed by atoms with van der Waals surface area (Å²) in [6, 6.07) is 7.21. The molecule has 28 heavy (non-hydrogen) atoms. The highest BCUT2D eigenvalue weighted by atomic mass is 16.3. The summed E-state index contributed by atoms with van der Waals surface area (Å²) in [5.74, 6) is 0.502. The molecule has 1 fully saturated rings. The van der Waals surface area contributed by atoms with E-state index in [0.717, 1.165) is 42.6 Å². The number of phenols is 1. The number of nitrogens with zero attached hydrogens (tertiary/aromatic N) is 1. The van der Waals surface area contributed by atoms with Crippen molar-refractivity contribution < 1.29 is 9.90 Å². The zero-order valence-electron chi connectivity index (χ0n) is 17.3. The molecule has 0 atom stereocenters. The summed E-state index contributed by atoms with van der Waals surface area (Å²) in [7, 11) is 0. The molecular weight excluding hydrogens is 348 g/mol. The summed E-state index contributed by atoms with van der Waals surface area (Å²) < 4.78 is 2.37. The summed E-state index contributed by atoms with van der Waals surface area (Å²) >= 11 is 0. The standard InChI is InChI=1S/C24H34N2O2/c1-3-4-6-14-21-23(19-12-9-13-20(27)15-19)22(24(25)28)17(2)26(21)16-18-10-7-5-8-11-18/h9,12-13,15,18,27H,3-8,10-11,14,16H2,1-2H3,(H2,25,28). The van der Waals surface area contributed by atoms with Crippen molar-refractivity contribution in [3.8, 4) is 16.9 Å². The first-order valence-electron chi connectivity index (χ1n) is 10.8. The number of phenolic OH excluding ortho intramolecular Hbond substituents is 1. The molecule has 1 aromatic heterocycles. The second kappa shape index (κ2) is 9.31. The first kappa shape index (κ1) is 20.5. The molecule has 1 saturated carbocycles. The normalized spacial score (nSPS) is 15.1. The smallest absolute Gasteiger partial charge is 0.251 e. The molecule has 1 amide bonds. The predicted molar refractivity (Wildman–Crippen MR) is 115 cm³/mol. The lowest BCUT2D eigenvalue weighted by Crippen LogP contribution is -2.18. The molecule has 152 valence electrons. The summed E-state index contributed by atoms with van der Waals surface area (Å²) in [5.41, 5.74) is 10.4. The molecule has 2 aromatic rings. The van der Waals surface area contributed by atoms with Crippen LogP contribution in [0.1, 0.15) is 80.0 Å². The molecule has 1 aromatic carbocycles. The monoisotopic (exact) mass is 382 g/mol. The van der Waals surface area contributed by atoms with Gasteiger partial charge in [0.1, 0.15) is 5.75 Å². The Balaban J connectivity index is 2.11. The fraction of sp³-hybridized carbons (Fsp3) is 0.542. The summed E-state index contributed by atoms with van der Waals surface area (Å²) in [4.78, 5) is 12.4. The summed E-state index contributed by atoms with van der Waals surface area (Å²) in [6.45, 7) is 5.20. The van der Waals surface area contributed by atoms with Crippen molar-refractivity contribution in [2.75, 3.05) is 0 Å². The van der Waals surface area contributed by atoms with Crippen LogP contribution in [0.15, 0.2) is 24.3 Å². The van der Waals surface area contributed by atoms with Crippen LogP contribution in [0.25, 0.3) is 11.1 Å². The molecule has 0 bridgehead atoms. The minimum Gasteiger partial charge on any atom is -0.508 e. The van der Waals surface area contributed by atoms with Gasteiger partial charge in [-0.25, -0.2) is 0 Å². The summed E-state index contributed by atoms with van der Waals surface area (Å²) in [6.07, 6.45) is 10.8. The fourth-order valence-electron chi connectivity index (χ4n) is 4.75. The van der Waals surface area contributed by atoms with E-state index in [2.05, 4.69) is 11.5 Å². The van der Waals surface area contributed by atoms with Crippen molar-refractivity contribution >= 4 is 5.91 Å². The van der Waals surface area contributed by atoms with Crippen LogP contribution in [0.3, 0.4) is 0 Å². The number of carbonyl (C=O) groups excluding carboxylic acids is 1. The van der Waals surface area contributed by atoms with Crippen LogP contribution in [0.4, 0.5) is 0 Å². The van der Waals surface area contributed by atoms with E-state index in [1.165, 1.54) is 44.2 Å². The minimum absolute atomic E-state index is 0.213. The van der Waals surface area contributed by atoms with Gasteiger partial charge in [0, 0.05) is 23.5 Å². The summed E-state index contributed by atoms with van der Waals surface area (Å²) in [5, 5.41) is 10.0. The number of carbonyl (C=O) groups is 1. The Labute approximate surface area is 168 Å². The number of hydrogen-bond donors (Lipinski definition) is 2. The van der Waals surface area contributed by atoms with Gasteiger partial charge < -0.3 is 15.4 Å². The highest BCUT2D eigenvalue weighted by Gasteiger charge is 2.26. The number of rotatable bonds is 8. The molecule has 4 heteroatoms. The van der Waals surface area contributed by atoms with E-state index >= 15 is 0 Å². The van der Waals surface area contributed by atoms with Crippen molar-refractivity contribution in [3.05, 3.63) is 41.2 Å². The van der Waals surface area contributed by atoms with Gasteiger partial charge in [-0.15, -0.1) is 0 Å². The third-order valence-corrected chi connectivity index (χ3v) is 6.19. The van der Waals surface area contributed by atoms with Gasteiger partial charge in [-0.1, -0.05) is 51.2 Å². The Bertz CT molecular complexity index is 816. The Morgan fingerprint density at radius 1 is 1.21 bits per heavy atom. The molecule has 0 aliphatic heterocycles. The Hall–Kier alpha value is -2.23. The van der Waals surface area contributed by atoms with Crippen molar-refractivity contribution in [1.29, 1.82) is 0 Å². The predicted octanol–water partition coefficient (Wildman–Crippen LogP) is 5.58. The van der Waals surface area contributed by atoms with Gasteiger partial charge in [0.15, 0.2) is 0 Å². The second-order valence-corrected chi connectivity index (χ2v) is 8.27. The van der Waals surface area contributed by atoms with Crippen LogP contribution >= 0.6 is 0 Å². The zero-order chi connectivity index (χ0) is 20.1. The number of aromatic hydroxyl groups is 1. The number of benzene rings is 1. The average molecular weight is 383 g/mol. The number of nitrogens with two attached hydrogens (primary N) is 1. The highest BCUT2D eigenvalue weighted by molar-refractivity contribution is 6.02. The molecule has 0 spiro atoms. The second-order valence-electron chi connectivity index (χ2n) is 8.27. The lowest BCUT2D eigenvalue weighted by molar-refractivity contribution is 0.1000. The number of aromatic nitrogens is 1. The molecule has 0 saturated heterocycles. The molecule has 0 unspecified atom stereocenters. The van der Waals surface area contributed by atoms with Gasteiger partial charge in [-0.2, -0.15) is 0 Å². The first-order valence-corrected chi connectivity index (χ1v) is 10.8. The Kier molecular flexibility index (Phi) is 6.82. The largest absolute Gasteiger partial charge is 0.508 e.